The Kier molecular flexibility index (Phi) is 9.32. The second kappa shape index (κ2) is 12.9. The zero-order chi connectivity index (χ0) is 33.2. The van der Waals surface area contributed by atoms with Gasteiger partial charge in [-0.15, -0.1) is 0 Å². The summed E-state index contributed by atoms with van der Waals surface area (Å²) < 4.78 is 54.2. The molecule has 0 spiro atoms. The molecule has 5 fully saturated rings. The molecule has 2 aliphatic carbocycles. The number of hydrogen-bond acceptors (Lipinski definition) is 12. The maximum Gasteiger partial charge on any atom is 0.309 e. The van der Waals surface area contributed by atoms with E-state index in [2.05, 4.69) is 13.0 Å². The van der Waals surface area contributed by atoms with Crippen molar-refractivity contribution in [3.63, 3.8) is 0 Å². The van der Waals surface area contributed by atoms with E-state index in [0.29, 0.717) is 25.9 Å². The predicted octanol–water partition coefficient (Wildman–Crippen LogP) is 3.12. The van der Waals surface area contributed by atoms with Crippen molar-refractivity contribution in [1.29, 1.82) is 0 Å². The largest absolute Gasteiger partial charge is 0.469 e. The molecule has 12 nitrogen and oxygen atoms in total. The summed E-state index contributed by atoms with van der Waals surface area (Å²) in [7, 11) is 3.09. The number of allylic oxidation sites excluding steroid dienone is 1. The normalized spacial score (nSPS) is 51.2. The summed E-state index contributed by atoms with van der Waals surface area (Å²) in [5, 5.41) is 21.8. The molecule has 5 aliphatic heterocycles. The second-order valence-corrected chi connectivity index (χ2v) is 15.0. The van der Waals surface area contributed by atoms with E-state index in [-0.39, 0.29) is 41.3 Å². The van der Waals surface area contributed by atoms with E-state index >= 15 is 0 Å². The van der Waals surface area contributed by atoms with Gasteiger partial charge < -0.3 is 52.8 Å². The molecule has 2 N–H and O–H groups in total. The van der Waals surface area contributed by atoms with Crippen LogP contribution >= 0.6 is 0 Å². The molecular weight excluding hydrogens is 612 g/mol. The average Bonchev–Trinajstić information content (AvgIpc) is 3.56. The lowest BCUT2D eigenvalue weighted by molar-refractivity contribution is -0.344. The molecule has 7 rings (SSSR count). The first-order chi connectivity index (χ1) is 22.5. The molecule has 0 aromatic rings. The molecule has 0 aromatic carbocycles. The minimum atomic E-state index is -1.09. The van der Waals surface area contributed by atoms with E-state index in [0.717, 1.165) is 25.7 Å². The summed E-state index contributed by atoms with van der Waals surface area (Å²) in [5.41, 5.74) is 2.31. The second-order valence-electron chi connectivity index (χ2n) is 15.0. The molecule has 1 saturated carbocycles. The Bertz CT molecular complexity index is 1240. The summed E-state index contributed by atoms with van der Waals surface area (Å²) in [6, 6.07) is 0. The van der Waals surface area contributed by atoms with Crippen LogP contribution in [0, 0.1) is 23.2 Å². The SMILES string of the molecule is CO[C@@H]1[C@@H](O)[C@H](O[C@@H]2CC[C@]3(C)C(=CC[C@H]4C(=O)O[C@H]5CO[C@]6(C)OC=C(CC[C@@H]43)[C@H]56)C2)O[C@H](C)[C@H]1O[C@H]1C[C@H](OC)[C@@H](O)[C@H](C)O1. The molecule has 0 aromatic heterocycles. The number of fused-ring (bicyclic) bond motifs is 3. The van der Waals surface area contributed by atoms with Gasteiger partial charge in [-0.3, -0.25) is 4.79 Å². The van der Waals surface area contributed by atoms with Crippen LogP contribution in [0.4, 0.5) is 0 Å². The first-order valence-corrected chi connectivity index (χ1v) is 17.4. The van der Waals surface area contributed by atoms with E-state index in [1.165, 1.54) is 18.3 Å². The van der Waals surface area contributed by atoms with Crippen LogP contribution in [0.5, 0.6) is 0 Å². The highest BCUT2D eigenvalue weighted by Gasteiger charge is 2.58. The lowest BCUT2D eigenvalue weighted by Gasteiger charge is -2.51. The zero-order valence-electron chi connectivity index (χ0n) is 28.4. The Balaban J connectivity index is 1.01. The molecule has 12 heteroatoms. The summed E-state index contributed by atoms with van der Waals surface area (Å²) in [6.07, 6.45) is 2.49. The Morgan fingerprint density at radius 2 is 1.79 bits per heavy atom. The molecule has 16 atom stereocenters. The summed E-state index contributed by atoms with van der Waals surface area (Å²) in [6.45, 7) is 8.24. The highest BCUT2D eigenvalue weighted by molar-refractivity contribution is 5.74. The molecule has 0 bridgehead atoms. The average molecular weight is 665 g/mol. The van der Waals surface area contributed by atoms with E-state index in [1.54, 1.807) is 14.0 Å². The van der Waals surface area contributed by atoms with Gasteiger partial charge in [0.25, 0.3) is 0 Å². The quantitative estimate of drug-likeness (QED) is 0.319. The van der Waals surface area contributed by atoms with Gasteiger partial charge in [0.2, 0.25) is 5.79 Å². The Morgan fingerprint density at radius 1 is 0.979 bits per heavy atom. The summed E-state index contributed by atoms with van der Waals surface area (Å²) in [5.74, 6) is -1.01. The van der Waals surface area contributed by atoms with Crippen LogP contribution in [0.25, 0.3) is 0 Å². The third-order valence-corrected chi connectivity index (χ3v) is 12.3. The van der Waals surface area contributed by atoms with E-state index in [1.807, 2.05) is 20.1 Å². The van der Waals surface area contributed by atoms with Gasteiger partial charge in [-0.05, 0) is 69.3 Å². The minimum absolute atomic E-state index is 0.0601. The van der Waals surface area contributed by atoms with Crippen molar-refractivity contribution < 1.29 is 57.6 Å². The highest BCUT2D eigenvalue weighted by Crippen LogP contribution is 2.57. The summed E-state index contributed by atoms with van der Waals surface area (Å²) in [4.78, 5) is 13.6. The number of methoxy groups -OCH3 is 2. The van der Waals surface area contributed by atoms with Crippen molar-refractivity contribution in [3.8, 4) is 0 Å². The van der Waals surface area contributed by atoms with Crippen molar-refractivity contribution >= 4 is 5.97 Å². The minimum Gasteiger partial charge on any atom is -0.469 e. The number of carbonyl (C=O) groups is 1. The third kappa shape index (κ3) is 5.89. The number of esters is 1. The van der Waals surface area contributed by atoms with Gasteiger partial charge in [0, 0.05) is 27.6 Å². The van der Waals surface area contributed by atoms with Crippen LogP contribution in [0.2, 0.25) is 0 Å². The number of hydrogen-bond donors (Lipinski definition) is 2. The lowest BCUT2D eigenvalue weighted by Crippen LogP contribution is -2.61. The molecule has 7 aliphatic rings. The molecule has 0 unspecified atom stereocenters. The summed E-state index contributed by atoms with van der Waals surface area (Å²) >= 11 is 0. The molecule has 47 heavy (non-hydrogen) atoms. The maximum atomic E-state index is 13.6. The topological polar surface area (TPSA) is 141 Å². The van der Waals surface area contributed by atoms with Crippen LogP contribution in [0.1, 0.15) is 72.6 Å². The van der Waals surface area contributed by atoms with Gasteiger partial charge in [0.1, 0.15) is 30.5 Å². The van der Waals surface area contributed by atoms with Crippen molar-refractivity contribution in [2.24, 2.45) is 23.2 Å². The monoisotopic (exact) mass is 664 g/mol. The number of carbonyl (C=O) groups excluding carboxylic acids is 1. The van der Waals surface area contributed by atoms with Crippen LogP contribution in [0.15, 0.2) is 23.5 Å². The van der Waals surface area contributed by atoms with Crippen LogP contribution in [-0.4, -0.2) is 110 Å². The Hall–Kier alpha value is -1.61. The van der Waals surface area contributed by atoms with Crippen LogP contribution in [-0.2, 0) is 47.4 Å². The van der Waals surface area contributed by atoms with Gasteiger partial charge in [-0.2, -0.15) is 0 Å². The molecule has 4 saturated heterocycles. The first-order valence-electron chi connectivity index (χ1n) is 17.4. The Morgan fingerprint density at radius 3 is 2.55 bits per heavy atom. The van der Waals surface area contributed by atoms with Crippen LogP contribution < -0.4 is 0 Å². The fourth-order valence-corrected chi connectivity index (χ4v) is 9.57. The van der Waals surface area contributed by atoms with E-state index in [4.69, 9.17) is 42.6 Å². The first kappa shape index (κ1) is 33.9. The van der Waals surface area contributed by atoms with Gasteiger partial charge >= 0.3 is 5.97 Å². The fraction of sp³-hybridized carbons (Fsp3) is 0.857. The maximum absolute atomic E-state index is 13.6. The van der Waals surface area contributed by atoms with Crippen molar-refractivity contribution in [2.75, 3.05) is 20.8 Å². The third-order valence-electron chi connectivity index (χ3n) is 12.3. The van der Waals surface area contributed by atoms with E-state index < -0.39 is 61.1 Å². The predicted molar refractivity (Wildman–Crippen MR) is 164 cm³/mol. The Labute approximate surface area is 276 Å². The smallest absolute Gasteiger partial charge is 0.309 e. The van der Waals surface area contributed by atoms with Gasteiger partial charge in [-0.1, -0.05) is 18.6 Å². The molecule has 264 valence electrons. The fourth-order valence-electron chi connectivity index (χ4n) is 9.57. The van der Waals surface area contributed by atoms with Gasteiger partial charge in [0.15, 0.2) is 12.6 Å². The number of aliphatic hydroxyl groups is 2. The van der Waals surface area contributed by atoms with Crippen molar-refractivity contribution in [1.82, 2.24) is 0 Å². The number of aliphatic hydroxyl groups excluding tert-OH is 2. The lowest BCUT2D eigenvalue weighted by atomic mass is 9.55. The van der Waals surface area contributed by atoms with Gasteiger partial charge in [-0.25, -0.2) is 0 Å². The van der Waals surface area contributed by atoms with Crippen molar-refractivity contribution in [3.05, 3.63) is 23.5 Å². The zero-order valence-corrected chi connectivity index (χ0v) is 28.4. The van der Waals surface area contributed by atoms with E-state index in [9.17, 15) is 15.0 Å². The van der Waals surface area contributed by atoms with Gasteiger partial charge in [0.05, 0.1) is 49.1 Å². The molecular formula is C35H52O12. The highest BCUT2D eigenvalue weighted by atomic mass is 16.7. The molecule has 0 amide bonds. The number of rotatable bonds is 6. The van der Waals surface area contributed by atoms with Crippen LogP contribution in [0.3, 0.4) is 0 Å². The molecule has 0 radical (unpaired) electrons. The molecule has 5 heterocycles. The number of ether oxygens (including phenoxy) is 9. The standard InChI is InChI=1S/C35H52O12/c1-17-28(36)24(39-5)14-26(43-17)47-30-18(2)44-33(29(37)31(30)40-6)45-21-11-12-34(3)20(13-21)8-9-22-23(34)10-7-19-15-41-35(4)27(19)25(16-42-35)46-32(22)38/h8,15,17-18,21-31,33,36-37H,7,9-14,16H2,1-6H3/t17-,18+,21+,22+,23-,24-,25-,26-,27+,28-,29+,30+,31+,33-,34+,35-/m0/s1. The van der Waals surface area contributed by atoms with Crippen molar-refractivity contribution in [2.45, 2.75) is 146 Å².